The van der Waals surface area contributed by atoms with Crippen molar-refractivity contribution in [3.05, 3.63) is 17.1 Å². The van der Waals surface area contributed by atoms with E-state index >= 15 is 0 Å². The van der Waals surface area contributed by atoms with Crippen molar-refractivity contribution in [1.29, 1.82) is 0 Å². The highest BCUT2D eigenvalue weighted by Gasteiger charge is 2.18. The van der Waals surface area contributed by atoms with Crippen LogP contribution in [0.25, 0.3) is 0 Å². The predicted molar refractivity (Wildman–Crippen MR) is 65.2 cm³/mol. The van der Waals surface area contributed by atoms with Gasteiger partial charge in [0.25, 0.3) is 0 Å². The normalized spacial score (nSPS) is 14.0. The zero-order chi connectivity index (χ0) is 10.7. The first-order valence-corrected chi connectivity index (χ1v) is 6.70. The Hall–Kier alpha value is -0.770. The Morgan fingerprint density at radius 2 is 2.13 bits per heavy atom. The smallest absolute Gasteiger partial charge is 0.134 e. The Morgan fingerprint density at radius 3 is 2.87 bits per heavy atom. The van der Waals surface area contributed by atoms with Gasteiger partial charge in [-0.25, -0.2) is 9.97 Å². The summed E-state index contributed by atoms with van der Waals surface area (Å²) < 4.78 is 0. The number of hydrogen-bond acceptors (Lipinski definition) is 4. The molecule has 0 saturated carbocycles. The molecule has 0 radical (unpaired) electrons. The summed E-state index contributed by atoms with van der Waals surface area (Å²) in [6, 6.07) is 0. The molecule has 15 heavy (non-hydrogen) atoms. The lowest BCUT2D eigenvalue weighted by molar-refractivity contribution is 0.820. The van der Waals surface area contributed by atoms with E-state index in [0.717, 1.165) is 42.5 Å². The molecule has 4 heteroatoms. The van der Waals surface area contributed by atoms with E-state index in [9.17, 15) is 0 Å². The summed E-state index contributed by atoms with van der Waals surface area (Å²) in [6.07, 6.45) is 2.09. The number of nitrogens with zero attached hydrogens (tertiary/aromatic N) is 2. The molecule has 0 atom stereocenters. The van der Waals surface area contributed by atoms with E-state index in [-0.39, 0.29) is 0 Å². The number of nitrogens with one attached hydrogen (secondary N) is 1. The quantitative estimate of drug-likeness (QED) is 0.851. The molecule has 0 spiro atoms. The van der Waals surface area contributed by atoms with Gasteiger partial charge < -0.3 is 5.32 Å². The van der Waals surface area contributed by atoms with Crippen LogP contribution in [0.4, 0.5) is 5.82 Å². The summed E-state index contributed by atoms with van der Waals surface area (Å²) in [6.45, 7) is 5.20. The zero-order valence-electron chi connectivity index (χ0n) is 9.34. The molecular formula is C11H17N3S. The zero-order valence-corrected chi connectivity index (χ0v) is 10.2. The van der Waals surface area contributed by atoms with Gasteiger partial charge in [0.05, 0.1) is 5.69 Å². The maximum Gasteiger partial charge on any atom is 0.134 e. The van der Waals surface area contributed by atoms with Crippen LogP contribution >= 0.6 is 11.8 Å². The Labute approximate surface area is 95.1 Å². The number of fused-ring (bicyclic) bond motifs is 1. The minimum atomic E-state index is 0.930. The van der Waals surface area contributed by atoms with Gasteiger partial charge in [-0.05, 0) is 13.3 Å². The van der Waals surface area contributed by atoms with Crippen molar-refractivity contribution in [2.75, 3.05) is 11.9 Å². The van der Waals surface area contributed by atoms with E-state index in [1.165, 1.54) is 11.3 Å². The average Bonchev–Trinajstić information content (AvgIpc) is 2.67. The molecule has 0 aliphatic carbocycles. The van der Waals surface area contributed by atoms with Gasteiger partial charge in [-0.15, -0.1) is 0 Å². The first-order chi connectivity index (χ1) is 7.35. The standard InChI is InChI=1S/C11H17N3S/c1-3-5-10-13-9-7-15-6-8(9)11(14-10)12-4-2/h3-7H2,1-2H3,(H,12,13,14). The fourth-order valence-corrected chi connectivity index (χ4v) is 2.79. The highest BCUT2D eigenvalue weighted by Crippen LogP contribution is 2.32. The lowest BCUT2D eigenvalue weighted by atomic mass is 10.2. The molecule has 0 amide bonds. The maximum atomic E-state index is 4.61. The number of thioether (sulfide) groups is 1. The van der Waals surface area contributed by atoms with Crippen LogP contribution < -0.4 is 5.32 Å². The van der Waals surface area contributed by atoms with Crippen molar-refractivity contribution in [2.45, 2.75) is 38.2 Å². The van der Waals surface area contributed by atoms with Gasteiger partial charge >= 0.3 is 0 Å². The topological polar surface area (TPSA) is 37.8 Å². The van der Waals surface area contributed by atoms with Crippen LogP contribution in [0.15, 0.2) is 0 Å². The number of hydrogen-bond donors (Lipinski definition) is 1. The van der Waals surface area contributed by atoms with E-state index in [1.807, 2.05) is 11.8 Å². The van der Waals surface area contributed by atoms with Crippen LogP contribution in [0, 0.1) is 0 Å². The first kappa shape index (κ1) is 10.7. The number of rotatable bonds is 4. The van der Waals surface area contributed by atoms with Crippen LogP contribution in [0.1, 0.15) is 37.4 Å². The largest absolute Gasteiger partial charge is 0.370 e. The van der Waals surface area contributed by atoms with Gasteiger partial charge in [-0.3, -0.25) is 0 Å². The molecule has 0 saturated heterocycles. The Morgan fingerprint density at radius 1 is 1.27 bits per heavy atom. The number of aromatic nitrogens is 2. The summed E-state index contributed by atoms with van der Waals surface area (Å²) in [4.78, 5) is 9.20. The molecule has 0 bridgehead atoms. The van der Waals surface area contributed by atoms with Crippen molar-refractivity contribution in [3.63, 3.8) is 0 Å². The van der Waals surface area contributed by atoms with Crippen molar-refractivity contribution < 1.29 is 0 Å². The minimum Gasteiger partial charge on any atom is -0.370 e. The van der Waals surface area contributed by atoms with Crippen molar-refractivity contribution in [1.82, 2.24) is 9.97 Å². The molecule has 1 aliphatic heterocycles. The third kappa shape index (κ3) is 2.25. The van der Waals surface area contributed by atoms with E-state index in [4.69, 9.17) is 0 Å². The Kier molecular flexibility index (Phi) is 3.46. The third-order valence-electron chi connectivity index (χ3n) is 2.44. The van der Waals surface area contributed by atoms with Gasteiger partial charge in [-0.2, -0.15) is 11.8 Å². The van der Waals surface area contributed by atoms with E-state index in [2.05, 4.69) is 29.1 Å². The van der Waals surface area contributed by atoms with Gasteiger partial charge in [0, 0.05) is 30.0 Å². The van der Waals surface area contributed by atoms with E-state index in [0.29, 0.717) is 0 Å². The van der Waals surface area contributed by atoms with Crippen molar-refractivity contribution in [2.24, 2.45) is 0 Å². The Bertz CT molecular complexity index is 352. The summed E-state index contributed by atoms with van der Waals surface area (Å²) >= 11 is 1.93. The third-order valence-corrected chi connectivity index (χ3v) is 3.41. The van der Waals surface area contributed by atoms with E-state index < -0.39 is 0 Å². The van der Waals surface area contributed by atoms with Gasteiger partial charge in [-0.1, -0.05) is 6.92 Å². The first-order valence-electron chi connectivity index (χ1n) is 5.55. The highest BCUT2D eigenvalue weighted by atomic mass is 32.2. The number of aryl methyl sites for hydroxylation is 1. The summed E-state index contributed by atoms with van der Waals surface area (Å²) in [5.41, 5.74) is 2.57. The molecular weight excluding hydrogens is 206 g/mol. The lowest BCUT2D eigenvalue weighted by Gasteiger charge is -2.09. The lowest BCUT2D eigenvalue weighted by Crippen LogP contribution is -2.08. The number of anilines is 1. The molecule has 2 heterocycles. The highest BCUT2D eigenvalue weighted by molar-refractivity contribution is 7.98. The van der Waals surface area contributed by atoms with Crippen molar-refractivity contribution in [3.8, 4) is 0 Å². The SMILES string of the molecule is CCCc1nc2c(c(NCC)n1)CSC2. The van der Waals surface area contributed by atoms with Gasteiger partial charge in [0.1, 0.15) is 11.6 Å². The second-order valence-electron chi connectivity index (χ2n) is 3.69. The maximum absolute atomic E-state index is 4.61. The summed E-state index contributed by atoms with van der Waals surface area (Å²) in [5.74, 6) is 4.17. The molecule has 82 valence electrons. The summed E-state index contributed by atoms with van der Waals surface area (Å²) in [7, 11) is 0. The monoisotopic (exact) mass is 223 g/mol. The van der Waals surface area contributed by atoms with Crippen LogP contribution in [-0.4, -0.2) is 16.5 Å². The molecule has 0 aromatic carbocycles. The predicted octanol–water partition coefficient (Wildman–Crippen LogP) is 2.61. The average molecular weight is 223 g/mol. The Balaban J connectivity index is 2.34. The molecule has 2 rings (SSSR count). The van der Waals surface area contributed by atoms with Gasteiger partial charge in [0.2, 0.25) is 0 Å². The molecule has 0 unspecified atom stereocenters. The molecule has 1 aliphatic rings. The van der Waals surface area contributed by atoms with Crippen LogP contribution in [-0.2, 0) is 17.9 Å². The van der Waals surface area contributed by atoms with Gasteiger partial charge in [0.15, 0.2) is 0 Å². The second kappa shape index (κ2) is 4.84. The van der Waals surface area contributed by atoms with Crippen molar-refractivity contribution >= 4 is 17.6 Å². The molecule has 3 nitrogen and oxygen atoms in total. The van der Waals surface area contributed by atoms with Crippen LogP contribution in [0.2, 0.25) is 0 Å². The fourth-order valence-electron chi connectivity index (χ4n) is 1.75. The molecule has 0 fully saturated rings. The van der Waals surface area contributed by atoms with Crippen LogP contribution in [0.5, 0.6) is 0 Å². The van der Waals surface area contributed by atoms with Crippen LogP contribution in [0.3, 0.4) is 0 Å². The molecule has 1 aromatic rings. The van der Waals surface area contributed by atoms with E-state index in [1.54, 1.807) is 0 Å². The minimum absolute atomic E-state index is 0.930. The molecule has 1 N–H and O–H groups in total. The molecule has 1 aromatic heterocycles. The fraction of sp³-hybridized carbons (Fsp3) is 0.636. The second-order valence-corrected chi connectivity index (χ2v) is 4.67. The summed E-state index contributed by atoms with van der Waals surface area (Å²) in [5, 5.41) is 3.34.